The molecule has 1 aliphatic heterocycles. The van der Waals surface area contributed by atoms with Crippen LogP contribution < -0.4 is 21.6 Å². The van der Waals surface area contributed by atoms with Gasteiger partial charge < -0.3 is 19.7 Å². The van der Waals surface area contributed by atoms with Crippen LogP contribution in [0.1, 0.15) is 13.3 Å². The highest BCUT2D eigenvalue weighted by atomic mass is 35.5. The standard InChI is InChI=1S/C16H16ClFN4O3.ClH/c1-2-22-12-8(14(23)10-15(24)20-25-16(10)22)5-9(18)13(11(12)17)21-4-3-7(19)6-21;/h5,7H,2-4,6,19H2,1H3,(H,20,24);1H. The molecule has 7 nitrogen and oxygen atoms in total. The molecule has 10 heteroatoms. The number of hydrogen-bond acceptors (Lipinski definition) is 5. The maximum absolute atomic E-state index is 14.8. The van der Waals surface area contributed by atoms with Gasteiger partial charge in [0.2, 0.25) is 11.1 Å². The zero-order valence-corrected chi connectivity index (χ0v) is 15.4. The molecule has 0 bridgehead atoms. The highest BCUT2D eigenvalue weighted by molar-refractivity contribution is 6.38. The Kier molecular flexibility index (Phi) is 4.76. The Morgan fingerprint density at radius 1 is 1.46 bits per heavy atom. The summed E-state index contributed by atoms with van der Waals surface area (Å²) in [4.78, 5) is 26.3. The quantitative estimate of drug-likeness (QED) is 0.684. The third-order valence-corrected chi connectivity index (χ3v) is 5.05. The fourth-order valence-corrected chi connectivity index (χ4v) is 3.95. The molecular formula is C16H17Cl2FN4O3. The van der Waals surface area contributed by atoms with E-state index in [1.807, 2.05) is 6.92 Å². The number of nitrogens with two attached hydrogens (primary N) is 1. The fourth-order valence-electron chi connectivity index (χ4n) is 3.54. The van der Waals surface area contributed by atoms with Gasteiger partial charge in [-0.1, -0.05) is 11.6 Å². The molecular weight excluding hydrogens is 386 g/mol. The van der Waals surface area contributed by atoms with E-state index in [1.165, 1.54) is 0 Å². The minimum Gasteiger partial charge on any atom is -0.366 e. The molecule has 1 saturated heterocycles. The van der Waals surface area contributed by atoms with E-state index < -0.39 is 16.8 Å². The van der Waals surface area contributed by atoms with Crippen LogP contribution in [0, 0.1) is 5.82 Å². The molecule has 0 amide bonds. The third-order valence-electron chi connectivity index (χ3n) is 4.69. The molecule has 1 fully saturated rings. The number of aromatic nitrogens is 2. The molecule has 0 saturated carbocycles. The zero-order chi connectivity index (χ0) is 17.9. The first-order valence-corrected chi connectivity index (χ1v) is 8.38. The van der Waals surface area contributed by atoms with Gasteiger partial charge in [0, 0.05) is 25.7 Å². The van der Waals surface area contributed by atoms with Gasteiger partial charge in [0.05, 0.1) is 21.6 Å². The summed E-state index contributed by atoms with van der Waals surface area (Å²) in [7, 11) is 0. The third kappa shape index (κ3) is 2.52. The number of nitrogens with zero attached hydrogens (tertiary/aromatic N) is 2. The molecule has 3 heterocycles. The van der Waals surface area contributed by atoms with Crippen molar-refractivity contribution in [2.45, 2.75) is 25.9 Å². The lowest BCUT2D eigenvalue weighted by molar-refractivity contribution is 0.430. The van der Waals surface area contributed by atoms with Crippen molar-refractivity contribution in [2.75, 3.05) is 18.0 Å². The monoisotopic (exact) mass is 402 g/mol. The highest BCUT2D eigenvalue weighted by Crippen LogP contribution is 2.37. The van der Waals surface area contributed by atoms with E-state index in [4.69, 9.17) is 21.9 Å². The van der Waals surface area contributed by atoms with Gasteiger partial charge in [-0.3, -0.25) is 9.59 Å². The van der Waals surface area contributed by atoms with E-state index in [2.05, 4.69) is 5.16 Å². The van der Waals surface area contributed by atoms with Crippen LogP contribution in [0.3, 0.4) is 0 Å². The summed E-state index contributed by atoms with van der Waals surface area (Å²) in [5, 5.41) is 2.19. The van der Waals surface area contributed by atoms with Gasteiger partial charge in [-0.05, 0) is 19.4 Å². The Bertz CT molecular complexity index is 1120. The summed E-state index contributed by atoms with van der Waals surface area (Å²) in [5.41, 5.74) is 5.34. The molecule has 0 radical (unpaired) electrons. The maximum Gasteiger partial charge on any atom is 0.293 e. The highest BCUT2D eigenvalue weighted by Gasteiger charge is 2.28. The SMILES string of the molecule is CCn1c2o[nH]c(=O)c2c(=O)c2cc(F)c(N3CCC(N)C3)c(Cl)c21.Cl. The van der Waals surface area contributed by atoms with E-state index in [-0.39, 0.29) is 45.6 Å². The van der Waals surface area contributed by atoms with Crippen LogP contribution in [0.2, 0.25) is 5.02 Å². The molecule has 1 aromatic carbocycles. The summed E-state index contributed by atoms with van der Waals surface area (Å²) >= 11 is 6.53. The number of benzene rings is 1. The van der Waals surface area contributed by atoms with Crippen LogP contribution in [-0.2, 0) is 6.54 Å². The number of anilines is 1. The Balaban J connectivity index is 0.00000196. The Labute approximate surface area is 157 Å². The molecule has 0 aliphatic carbocycles. The van der Waals surface area contributed by atoms with E-state index in [0.717, 1.165) is 12.5 Å². The topological polar surface area (TPSA) is 97.3 Å². The van der Waals surface area contributed by atoms with Crippen LogP contribution >= 0.6 is 24.0 Å². The fraction of sp³-hybridized carbons (Fsp3) is 0.375. The van der Waals surface area contributed by atoms with Crippen molar-refractivity contribution < 1.29 is 8.91 Å². The first-order valence-electron chi connectivity index (χ1n) is 8.00. The second-order valence-electron chi connectivity index (χ2n) is 6.20. The predicted octanol–water partition coefficient (Wildman–Crippen LogP) is 2.21. The van der Waals surface area contributed by atoms with Crippen LogP contribution in [0.5, 0.6) is 0 Å². The number of aryl methyl sites for hydroxylation is 1. The summed E-state index contributed by atoms with van der Waals surface area (Å²) in [6.07, 6.45) is 0.736. The minimum absolute atomic E-state index is 0. The number of nitrogens with one attached hydrogen (secondary N) is 1. The molecule has 1 unspecified atom stereocenters. The normalized spacial score (nSPS) is 17.2. The average molecular weight is 403 g/mol. The summed E-state index contributed by atoms with van der Waals surface area (Å²) in [6, 6.07) is 1.09. The molecule has 0 spiro atoms. The van der Waals surface area contributed by atoms with Gasteiger partial charge in [-0.15, -0.1) is 12.4 Å². The van der Waals surface area contributed by atoms with Crippen molar-refractivity contribution in [3.63, 3.8) is 0 Å². The van der Waals surface area contributed by atoms with E-state index >= 15 is 0 Å². The largest absolute Gasteiger partial charge is 0.366 e. The van der Waals surface area contributed by atoms with Gasteiger partial charge in [-0.25, -0.2) is 4.39 Å². The molecule has 2 aromatic heterocycles. The first kappa shape index (κ1) is 18.8. The summed E-state index contributed by atoms with van der Waals surface area (Å²) < 4.78 is 21.5. The second kappa shape index (κ2) is 6.61. The van der Waals surface area contributed by atoms with Gasteiger partial charge in [0.25, 0.3) is 5.56 Å². The second-order valence-corrected chi connectivity index (χ2v) is 6.58. The zero-order valence-electron chi connectivity index (χ0n) is 13.8. The maximum atomic E-state index is 14.8. The summed E-state index contributed by atoms with van der Waals surface area (Å²) in [5.74, 6) is -0.606. The first-order chi connectivity index (χ1) is 11.9. The van der Waals surface area contributed by atoms with E-state index in [0.29, 0.717) is 25.2 Å². The lowest BCUT2D eigenvalue weighted by Gasteiger charge is -2.22. The Morgan fingerprint density at radius 3 is 2.81 bits per heavy atom. The molecule has 3 N–H and O–H groups in total. The van der Waals surface area contributed by atoms with Crippen LogP contribution in [-0.4, -0.2) is 28.9 Å². The van der Waals surface area contributed by atoms with E-state index in [9.17, 15) is 14.0 Å². The number of hydrogen-bond donors (Lipinski definition) is 2. The molecule has 3 aromatic rings. The van der Waals surface area contributed by atoms with Crippen molar-refractivity contribution in [1.29, 1.82) is 0 Å². The Hall–Kier alpha value is -2.03. The molecule has 140 valence electrons. The average Bonchev–Trinajstić information content (AvgIpc) is 3.15. The van der Waals surface area contributed by atoms with E-state index in [1.54, 1.807) is 9.47 Å². The predicted molar refractivity (Wildman–Crippen MR) is 101 cm³/mol. The summed E-state index contributed by atoms with van der Waals surface area (Å²) in [6.45, 7) is 3.28. The van der Waals surface area contributed by atoms with Crippen molar-refractivity contribution >= 4 is 51.7 Å². The van der Waals surface area contributed by atoms with Crippen molar-refractivity contribution in [3.8, 4) is 0 Å². The van der Waals surface area contributed by atoms with Crippen molar-refractivity contribution in [3.05, 3.63) is 37.5 Å². The molecule has 1 aliphatic rings. The lowest BCUT2D eigenvalue weighted by atomic mass is 10.1. The number of aromatic amines is 1. The molecule has 26 heavy (non-hydrogen) atoms. The molecule has 4 rings (SSSR count). The number of fused-ring (bicyclic) bond motifs is 2. The molecule has 1 atom stereocenters. The van der Waals surface area contributed by atoms with Gasteiger partial charge >= 0.3 is 0 Å². The lowest BCUT2D eigenvalue weighted by Crippen LogP contribution is -2.27. The van der Waals surface area contributed by atoms with Gasteiger partial charge in [0.1, 0.15) is 5.82 Å². The van der Waals surface area contributed by atoms with Crippen molar-refractivity contribution in [1.82, 2.24) is 9.72 Å². The number of pyridine rings is 1. The van der Waals surface area contributed by atoms with Gasteiger partial charge in [-0.2, -0.15) is 5.16 Å². The number of halogens is 3. The van der Waals surface area contributed by atoms with Crippen LogP contribution in [0.4, 0.5) is 10.1 Å². The van der Waals surface area contributed by atoms with Crippen molar-refractivity contribution in [2.24, 2.45) is 5.73 Å². The minimum atomic E-state index is -0.643. The smallest absolute Gasteiger partial charge is 0.293 e. The van der Waals surface area contributed by atoms with Crippen LogP contribution in [0.15, 0.2) is 20.2 Å². The number of rotatable bonds is 2. The van der Waals surface area contributed by atoms with Crippen LogP contribution in [0.25, 0.3) is 22.0 Å². The van der Waals surface area contributed by atoms with Gasteiger partial charge in [0.15, 0.2) is 5.39 Å². The number of H-pyrrole nitrogens is 1. The Morgan fingerprint density at radius 2 is 2.19 bits per heavy atom.